The molecule has 256 valence electrons. The van der Waals surface area contributed by atoms with Crippen LogP contribution in [-0.4, -0.2) is 29.3 Å². The summed E-state index contributed by atoms with van der Waals surface area (Å²) in [7, 11) is -3.87. The van der Waals surface area contributed by atoms with Crippen LogP contribution in [0.3, 0.4) is 0 Å². The van der Waals surface area contributed by atoms with Crippen molar-refractivity contribution in [3.05, 3.63) is 131 Å². The van der Waals surface area contributed by atoms with Gasteiger partial charge < -0.3 is 9.30 Å². The second kappa shape index (κ2) is 15.3. The Morgan fingerprint density at radius 2 is 1.57 bits per heavy atom. The number of aromatic nitrogens is 2. The van der Waals surface area contributed by atoms with Gasteiger partial charge in [-0.2, -0.15) is 0 Å². The van der Waals surface area contributed by atoms with Crippen molar-refractivity contribution < 1.29 is 22.3 Å². The molecule has 1 N–H and O–H groups in total. The van der Waals surface area contributed by atoms with Gasteiger partial charge in [-0.05, 0) is 81.5 Å². The molecule has 0 aliphatic rings. The predicted octanol–water partition coefficient (Wildman–Crippen LogP) is 8.94. The maximum Gasteiger partial charge on any atom is 0.241 e. The topological polar surface area (TPSA) is 90.3 Å². The minimum atomic E-state index is -3.87. The highest BCUT2D eigenvalue weighted by molar-refractivity contribution is 7.89. The van der Waals surface area contributed by atoms with Gasteiger partial charge in [0.2, 0.25) is 10.0 Å². The minimum Gasteiger partial charge on any atom is -0.457 e. The molecule has 0 bridgehead atoms. The summed E-state index contributed by atoms with van der Waals surface area (Å²) in [5.74, 6) is 1.60. The van der Waals surface area contributed by atoms with Crippen LogP contribution in [0.1, 0.15) is 80.6 Å². The Morgan fingerprint density at radius 3 is 2.27 bits per heavy atom. The summed E-state index contributed by atoms with van der Waals surface area (Å²) in [5, 5.41) is 0. The molecule has 7 nitrogen and oxygen atoms in total. The van der Waals surface area contributed by atoms with Crippen LogP contribution in [-0.2, 0) is 35.8 Å². The number of aryl methyl sites for hydroxylation is 3. The summed E-state index contributed by atoms with van der Waals surface area (Å²) < 4.78 is 53.1. The van der Waals surface area contributed by atoms with Gasteiger partial charge in [0.05, 0.1) is 17.1 Å². The maximum atomic E-state index is 16.0. The van der Waals surface area contributed by atoms with Gasteiger partial charge in [-0.25, -0.2) is 22.5 Å². The van der Waals surface area contributed by atoms with E-state index in [1.165, 1.54) is 12.1 Å². The van der Waals surface area contributed by atoms with E-state index < -0.39 is 21.4 Å². The highest BCUT2D eigenvalue weighted by Crippen LogP contribution is 2.31. The first-order valence-electron chi connectivity index (χ1n) is 16.7. The molecule has 9 heteroatoms. The molecule has 0 fully saturated rings. The number of hydrogen-bond acceptors (Lipinski definition) is 5. The van der Waals surface area contributed by atoms with E-state index in [9.17, 15) is 13.2 Å². The molecule has 0 spiro atoms. The van der Waals surface area contributed by atoms with Gasteiger partial charge in [0.25, 0.3) is 0 Å². The van der Waals surface area contributed by atoms with E-state index in [4.69, 9.17) is 9.72 Å². The summed E-state index contributed by atoms with van der Waals surface area (Å²) in [6.45, 7) is 9.45. The van der Waals surface area contributed by atoms with Gasteiger partial charge in [-0.15, -0.1) is 0 Å². The van der Waals surface area contributed by atoms with E-state index >= 15 is 4.39 Å². The zero-order chi connectivity index (χ0) is 35.2. The number of halogens is 1. The van der Waals surface area contributed by atoms with Crippen molar-refractivity contribution >= 4 is 15.8 Å². The molecule has 0 unspecified atom stereocenters. The molecular formula is C40H44FN3O4S. The van der Waals surface area contributed by atoms with Crippen LogP contribution in [0.5, 0.6) is 11.5 Å². The number of imidazole rings is 1. The number of nitrogens with one attached hydrogen (secondary N) is 1. The van der Waals surface area contributed by atoms with Crippen molar-refractivity contribution in [3.63, 3.8) is 0 Å². The van der Waals surface area contributed by atoms with E-state index in [1.807, 2.05) is 73.0 Å². The van der Waals surface area contributed by atoms with Gasteiger partial charge in [0, 0.05) is 29.5 Å². The predicted molar refractivity (Wildman–Crippen MR) is 192 cm³/mol. The van der Waals surface area contributed by atoms with Crippen LogP contribution >= 0.6 is 0 Å². The number of ether oxygens (including phenoxy) is 1. The van der Waals surface area contributed by atoms with E-state index in [-0.39, 0.29) is 23.6 Å². The van der Waals surface area contributed by atoms with Crippen LogP contribution in [0.15, 0.2) is 102 Å². The Morgan fingerprint density at radius 1 is 0.878 bits per heavy atom. The zero-order valence-corrected chi connectivity index (χ0v) is 29.6. The molecule has 1 aromatic heterocycles. The van der Waals surface area contributed by atoms with Gasteiger partial charge in [-0.1, -0.05) is 80.6 Å². The number of rotatable bonds is 14. The molecule has 0 aliphatic heterocycles. The number of sulfonamides is 1. The number of carbonyl (C=O) groups is 1. The molecular weight excluding hydrogens is 638 g/mol. The second-order valence-corrected chi connectivity index (χ2v) is 14.8. The van der Waals surface area contributed by atoms with E-state index in [0.717, 1.165) is 23.6 Å². The summed E-state index contributed by atoms with van der Waals surface area (Å²) in [6, 6.07) is 28.6. The standard InChI is InChI=1S/C40H44FN3O4S/c1-6-15-38-42-34(7-2)39(35(45)25-24-28-16-11-13-20-36(28)48-31-17-9-8-10-18-31)44(38)27-30-23-22-29(26-33(30)41)32-19-12-14-21-37(32)49(46,47)43-40(3,4)5/h8-14,16-23,26,43H,6-7,15,24-25,27H2,1-5H3. The molecule has 1 heterocycles. The van der Waals surface area contributed by atoms with Crippen molar-refractivity contribution in [2.45, 2.75) is 83.7 Å². The van der Waals surface area contributed by atoms with E-state index in [0.29, 0.717) is 53.1 Å². The number of para-hydroxylation sites is 2. The normalized spacial score (nSPS) is 11.9. The van der Waals surface area contributed by atoms with Gasteiger partial charge >= 0.3 is 0 Å². The molecule has 5 aromatic rings. The Bertz CT molecular complexity index is 2030. The minimum absolute atomic E-state index is 0.0660. The fourth-order valence-electron chi connectivity index (χ4n) is 5.90. The van der Waals surface area contributed by atoms with Crippen molar-refractivity contribution in [2.75, 3.05) is 0 Å². The monoisotopic (exact) mass is 681 g/mol. The average molecular weight is 682 g/mol. The average Bonchev–Trinajstić information content (AvgIpc) is 3.41. The zero-order valence-electron chi connectivity index (χ0n) is 28.8. The van der Waals surface area contributed by atoms with Crippen molar-refractivity contribution in [1.29, 1.82) is 0 Å². The molecule has 0 saturated heterocycles. The highest BCUT2D eigenvalue weighted by atomic mass is 32.2. The van der Waals surface area contributed by atoms with Crippen LogP contribution in [0.4, 0.5) is 4.39 Å². The quantitative estimate of drug-likeness (QED) is 0.118. The van der Waals surface area contributed by atoms with Gasteiger partial charge in [0.1, 0.15) is 28.8 Å². The van der Waals surface area contributed by atoms with Crippen LogP contribution in [0, 0.1) is 5.82 Å². The summed E-state index contributed by atoms with van der Waals surface area (Å²) in [6.07, 6.45) is 2.71. The molecule has 4 aromatic carbocycles. The van der Waals surface area contributed by atoms with Crippen molar-refractivity contribution in [1.82, 2.24) is 14.3 Å². The third-order valence-electron chi connectivity index (χ3n) is 8.07. The Hall–Kier alpha value is -4.60. The molecule has 0 amide bonds. The molecule has 0 radical (unpaired) electrons. The lowest BCUT2D eigenvalue weighted by atomic mass is 10.0. The lowest BCUT2D eigenvalue weighted by molar-refractivity contribution is 0.0972. The van der Waals surface area contributed by atoms with Crippen molar-refractivity contribution in [2.24, 2.45) is 0 Å². The smallest absolute Gasteiger partial charge is 0.241 e. The summed E-state index contributed by atoms with van der Waals surface area (Å²) in [4.78, 5) is 18.9. The summed E-state index contributed by atoms with van der Waals surface area (Å²) in [5.41, 5.74) is 2.65. The largest absolute Gasteiger partial charge is 0.457 e. The molecule has 0 saturated carbocycles. The van der Waals surface area contributed by atoms with Crippen LogP contribution in [0.2, 0.25) is 0 Å². The van der Waals surface area contributed by atoms with Crippen LogP contribution < -0.4 is 9.46 Å². The highest BCUT2D eigenvalue weighted by Gasteiger charge is 2.26. The number of benzene rings is 4. The first-order chi connectivity index (χ1) is 23.4. The first kappa shape index (κ1) is 35.7. The fraction of sp³-hybridized carbons (Fsp3) is 0.300. The summed E-state index contributed by atoms with van der Waals surface area (Å²) >= 11 is 0. The number of Topliss-reactive ketones (excluding diaryl/α,β-unsaturated/α-hetero) is 1. The SMILES string of the molecule is CCCc1nc(CC)c(C(=O)CCc2ccccc2Oc2ccccc2)n1Cc1ccc(-c2ccccc2S(=O)(=O)NC(C)(C)C)cc1F. The second-order valence-electron chi connectivity index (χ2n) is 13.1. The van der Waals surface area contributed by atoms with Gasteiger partial charge in [0.15, 0.2) is 5.78 Å². The third-order valence-corrected chi connectivity index (χ3v) is 9.88. The Kier molecular flexibility index (Phi) is 11.2. The molecule has 49 heavy (non-hydrogen) atoms. The maximum absolute atomic E-state index is 16.0. The number of hydrogen-bond donors (Lipinski definition) is 1. The lowest BCUT2D eigenvalue weighted by Gasteiger charge is -2.21. The van der Waals surface area contributed by atoms with E-state index in [2.05, 4.69) is 4.72 Å². The Labute approximate surface area is 289 Å². The number of carbonyl (C=O) groups excluding carboxylic acids is 1. The third kappa shape index (κ3) is 8.71. The molecule has 0 atom stereocenters. The first-order valence-corrected chi connectivity index (χ1v) is 18.2. The lowest BCUT2D eigenvalue weighted by Crippen LogP contribution is -2.40. The Balaban J connectivity index is 1.43. The molecule has 0 aliphatic carbocycles. The van der Waals surface area contributed by atoms with Crippen LogP contribution in [0.25, 0.3) is 11.1 Å². The molecule has 5 rings (SSSR count). The van der Waals surface area contributed by atoms with E-state index in [1.54, 1.807) is 51.1 Å². The van der Waals surface area contributed by atoms with Crippen molar-refractivity contribution in [3.8, 4) is 22.6 Å². The number of nitrogens with zero attached hydrogens (tertiary/aromatic N) is 2. The fourth-order valence-corrected chi connectivity index (χ4v) is 7.55. The van der Waals surface area contributed by atoms with Gasteiger partial charge in [-0.3, -0.25) is 4.79 Å². The number of ketones is 1.